The van der Waals surface area contributed by atoms with Crippen molar-refractivity contribution in [3.8, 4) is 22.4 Å². The normalized spacial score (nSPS) is 16.0. The van der Waals surface area contributed by atoms with Crippen LogP contribution in [-0.4, -0.2) is 21.3 Å². The third-order valence-corrected chi connectivity index (χ3v) is 4.74. The third-order valence-electron chi connectivity index (χ3n) is 4.49. The maximum atomic E-state index is 6.06. The van der Waals surface area contributed by atoms with Gasteiger partial charge in [-0.2, -0.15) is 5.10 Å². The number of benzene rings is 1. The van der Waals surface area contributed by atoms with E-state index in [0.717, 1.165) is 34.9 Å². The first-order valence-electron chi connectivity index (χ1n) is 8.06. The Morgan fingerprint density at radius 1 is 1.04 bits per heavy atom. The maximum Gasteiger partial charge on any atom is 0.100 e. The molecule has 0 bridgehead atoms. The van der Waals surface area contributed by atoms with Crippen LogP contribution in [0.2, 0.25) is 5.02 Å². The summed E-state index contributed by atoms with van der Waals surface area (Å²) >= 11 is 6.06. The van der Waals surface area contributed by atoms with Gasteiger partial charge in [0, 0.05) is 41.6 Å². The average Bonchev–Trinajstić information content (AvgIpc) is 2.97. The highest BCUT2D eigenvalue weighted by Gasteiger charge is 2.32. The number of halogens is 1. The molecule has 4 rings (SSSR count). The van der Waals surface area contributed by atoms with Crippen LogP contribution in [0, 0.1) is 0 Å². The van der Waals surface area contributed by atoms with Gasteiger partial charge in [-0.15, -0.1) is 0 Å². The van der Waals surface area contributed by atoms with Crippen LogP contribution in [0.1, 0.15) is 19.5 Å². The number of hydrogen-bond acceptors (Lipinski definition) is 3. The van der Waals surface area contributed by atoms with Gasteiger partial charge in [0.1, 0.15) is 5.69 Å². The van der Waals surface area contributed by atoms with Crippen molar-refractivity contribution in [2.45, 2.75) is 25.9 Å². The number of fused-ring (bicyclic) bond motifs is 1. The zero-order valence-corrected chi connectivity index (χ0v) is 14.5. The van der Waals surface area contributed by atoms with Gasteiger partial charge in [-0.3, -0.25) is 9.67 Å². The lowest BCUT2D eigenvalue weighted by Gasteiger charge is -2.32. The summed E-state index contributed by atoms with van der Waals surface area (Å²) in [6.07, 6.45) is 3.65. The van der Waals surface area contributed by atoms with Crippen molar-refractivity contribution in [2.75, 3.05) is 6.54 Å². The zero-order valence-electron chi connectivity index (χ0n) is 13.8. The van der Waals surface area contributed by atoms with Gasteiger partial charge in [0.05, 0.1) is 11.2 Å². The summed E-state index contributed by atoms with van der Waals surface area (Å²) < 4.78 is 2.17. The van der Waals surface area contributed by atoms with Crippen molar-refractivity contribution in [1.82, 2.24) is 20.1 Å². The minimum Gasteiger partial charge on any atom is -0.309 e. The quantitative estimate of drug-likeness (QED) is 0.764. The standard InChI is InChI=1S/C19H19ClN4/c1-19(2)12-22-11-16-17(13-7-9-21-10-8-13)18(23-24(16)19)14-3-5-15(20)6-4-14/h3-10,22H,11-12H2,1-2H3. The first-order chi connectivity index (χ1) is 11.6. The largest absolute Gasteiger partial charge is 0.309 e. The Morgan fingerprint density at radius 3 is 2.46 bits per heavy atom. The topological polar surface area (TPSA) is 42.7 Å². The molecular formula is C19H19ClN4. The van der Waals surface area contributed by atoms with Crippen molar-refractivity contribution in [3.05, 3.63) is 59.5 Å². The number of hydrogen-bond donors (Lipinski definition) is 1. The number of rotatable bonds is 2. The molecule has 1 aromatic carbocycles. The summed E-state index contributed by atoms with van der Waals surface area (Å²) in [4.78, 5) is 4.15. The minimum atomic E-state index is -0.0694. The van der Waals surface area contributed by atoms with E-state index in [9.17, 15) is 0 Å². The van der Waals surface area contributed by atoms with Gasteiger partial charge >= 0.3 is 0 Å². The van der Waals surface area contributed by atoms with E-state index in [1.807, 2.05) is 48.8 Å². The van der Waals surface area contributed by atoms with E-state index in [4.69, 9.17) is 16.7 Å². The fraction of sp³-hybridized carbons (Fsp3) is 0.263. The number of nitrogens with zero attached hydrogens (tertiary/aromatic N) is 3. The van der Waals surface area contributed by atoms with Crippen LogP contribution in [0.25, 0.3) is 22.4 Å². The number of pyridine rings is 1. The van der Waals surface area contributed by atoms with Crippen LogP contribution in [-0.2, 0) is 12.1 Å². The summed E-state index contributed by atoms with van der Waals surface area (Å²) in [6.45, 7) is 6.12. The van der Waals surface area contributed by atoms with Crippen LogP contribution in [0.3, 0.4) is 0 Å². The predicted octanol–water partition coefficient (Wildman–Crippen LogP) is 4.10. The molecule has 0 unspecified atom stereocenters. The van der Waals surface area contributed by atoms with Crippen molar-refractivity contribution >= 4 is 11.6 Å². The van der Waals surface area contributed by atoms with Crippen LogP contribution in [0.5, 0.6) is 0 Å². The first kappa shape index (κ1) is 15.4. The molecule has 1 N–H and O–H groups in total. The Morgan fingerprint density at radius 2 is 1.75 bits per heavy atom. The second-order valence-corrected chi connectivity index (χ2v) is 7.18. The van der Waals surface area contributed by atoms with Gasteiger partial charge < -0.3 is 5.32 Å². The maximum absolute atomic E-state index is 6.06. The van der Waals surface area contributed by atoms with Crippen LogP contribution in [0.4, 0.5) is 0 Å². The molecule has 1 aliphatic rings. The third kappa shape index (κ3) is 2.52. The second-order valence-electron chi connectivity index (χ2n) is 6.74. The van der Waals surface area contributed by atoms with E-state index in [-0.39, 0.29) is 5.54 Å². The Kier molecular flexibility index (Phi) is 3.66. The van der Waals surface area contributed by atoms with E-state index in [1.54, 1.807) is 0 Å². The molecule has 0 radical (unpaired) electrons. The van der Waals surface area contributed by atoms with Crippen LogP contribution < -0.4 is 5.32 Å². The van der Waals surface area contributed by atoms with Crippen molar-refractivity contribution in [2.24, 2.45) is 0 Å². The summed E-state index contributed by atoms with van der Waals surface area (Å²) in [6, 6.07) is 12.0. The van der Waals surface area contributed by atoms with Gasteiger partial charge in [0.15, 0.2) is 0 Å². The molecule has 0 aliphatic carbocycles. The Bertz CT molecular complexity index is 866. The van der Waals surface area contributed by atoms with Gasteiger partial charge in [-0.25, -0.2) is 0 Å². The molecule has 0 spiro atoms. The molecule has 0 amide bonds. The Labute approximate surface area is 146 Å². The smallest absolute Gasteiger partial charge is 0.100 e. The predicted molar refractivity (Wildman–Crippen MR) is 96.9 cm³/mol. The van der Waals surface area contributed by atoms with Gasteiger partial charge in [-0.1, -0.05) is 23.7 Å². The average molecular weight is 339 g/mol. The summed E-state index contributed by atoms with van der Waals surface area (Å²) in [7, 11) is 0. The molecule has 2 aromatic heterocycles. The van der Waals surface area contributed by atoms with Crippen molar-refractivity contribution in [1.29, 1.82) is 0 Å². The molecule has 4 nitrogen and oxygen atoms in total. The first-order valence-corrected chi connectivity index (χ1v) is 8.43. The van der Waals surface area contributed by atoms with E-state index in [0.29, 0.717) is 0 Å². The summed E-state index contributed by atoms with van der Waals surface area (Å²) in [5.41, 5.74) is 5.51. The second kappa shape index (κ2) is 5.72. The lowest BCUT2D eigenvalue weighted by molar-refractivity contribution is 0.261. The molecule has 3 aromatic rings. The summed E-state index contributed by atoms with van der Waals surface area (Å²) in [5, 5.41) is 9.24. The van der Waals surface area contributed by atoms with E-state index >= 15 is 0 Å². The fourth-order valence-corrected chi connectivity index (χ4v) is 3.44. The monoisotopic (exact) mass is 338 g/mol. The highest BCUT2D eigenvalue weighted by Crippen LogP contribution is 2.38. The van der Waals surface area contributed by atoms with E-state index in [2.05, 4.69) is 28.8 Å². The lowest BCUT2D eigenvalue weighted by Crippen LogP contribution is -2.44. The number of nitrogens with one attached hydrogen (secondary N) is 1. The zero-order chi connectivity index (χ0) is 16.7. The van der Waals surface area contributed by atoms with Crippen LogP contribution in [0.15, 0.2) is 48.8 Å². The van der Waals surface area contributed by atoms with Crippen molar-refractivity contribution < 1.29 is 0 Å². The molecule has 5 heteroatoms. The van der Waals surface area contributed by atoms with Gasteiger partial charge in [0.25, 0.3) is 0 Å². The van der Waals surface area contributed by atoms with Gasteiger partial charge in [0.2, 0.25) is 0 Å². The molecule has 0 saturated heterocycles. The summed E-state index contributed by atoms with van der Waals surface area (Å²) in [5.74, 6) is 0. The minimum absolute atomic E-state index is 0.0694. The molecule has 0 atom stereocenters. The lowest BCUT2D eigenvalue weighted by atomic mass is 9.97. The molecular weight excluding hydrogens is 320 g/mol. The molecule has 3 heterocycles. The molecule has 0 saturated carbocycles. The van der Waals surface area contributed by atoms with E-state index in [1.165, 1.54) is 11.3 Å². The molecule has 0 fully saturated rings. The Hall–Kier alpha value is -2.17. The van der Waals surface area contributed by atoms with Gasteiger partial charge in [-0.05, 0) is 43.7 Å². The fourth-order valence-electron chi connectivity index (χ4n) is 3.31. The molecule has 1 aliphatic heterocycles. The van der Waals surface area contributed by atoms with Crippen LogP contribution >= 0.6 is 11.6 Å². The molecule has 24 heavy (non-hydrogen) atoms. The van der Waals surface area contributed by atoms with E-state index < -0.39 is 0 Å². The highest BCUT2D eigenvalue weighted by molar-refractivity contribution is 6.30. The molecule has 122 valence electrons. The number of aromatic nitrogens is 3. The Balaban J connectivity index is 1.99. The van der Waals surface area contributed by atoms with Crippen molar-refractivity contribution in [3.63, 3.8) is 0 Å². The SMILES string of the molecule is CC1(C)CNCc2c(-c3ccncc3)c(-c3ccc(Cl)cc3)nn21. The highest BCUT2D eigenvalue weighted by atomic mass is 35.5.